The normalized spacial score (nSPS) is 14.8. The maximum absolute atomic E-state index is 9.49. The molecule has 120 valence electrons. The molecule has 0 amide bonds. The summed E-state index contributed by atoms with van der Waals surface area (Å²) in [6.07, 6.45) is 19.7. The van der Waals surface area contributed by atoms with E-state index in [2.05, 4.69) is 13.0 Å². The number of unbranched alkanes of at least 4 members (excludes halogenated alkanes) is 11. The predicted molar refractivity (Wildman–Crippen MR) is 89.9 cm³/mol. The molecule has 0 bridgehead atoms. The first-order chi connectivity index (χ1) is 9.68. The summed E-state index contributed by atoms with van der Waals surface area (Å²) in [6, 6.07) is -0.163. The van der Waals surface area contributed by atoms with Gasteiger partial charge in [-0.1, -0.05) is 83.3 Å². The summed E-state index contributed by atoms with van der Waals surface area (Å²) >= 11 is 0. The minimum Gasteiger partial charge on any atom is -0.387 e. The topological polar surface area (TPSA) is 46.2 Å². The van der Waals surface area contributed by atoms with Gasteiger partial charge in [0.25, 0.3) is 0 Å². The van der Waals surface area contributed by atoms with Crippen molar-refractivity contribution in [2.75, 3.05) is 0 Å². The molecular weight excluding hydrogens is 246 g/mol. The molecular formula is C18H37NO. The predicted octanol–water partition coefficient (Wildman–Crippen LogP) is 4.95. The molecule has 0 saturated carbocycles. The summed E-state index contributed by atoms with van der Waals surface area (Å²) < 4.78 is 0. The number of rotatable bonds is 14. The molecule has 0 aliphatic rings. The molecule has 0 aromatic heterocycles. The zero-order valence-corrected chi connectivity index (χ0v) is 13.8. The van der Waals surface area contributed by atoms with Crippen molar-refractivity contribution >= 4 is 0 Å². The second-order valence-electron chi connectivity index (χ2n) is 6.10. The van der Waals surface area contributed by atoms with Crippen LogP contribution >= 0.6 is 0 Å². The lowest BCUT2D eigenvalue weighted by atomic mass is 10.0. The first-order valence-electron chi connectivity index (χ1n) is 8.78. The molecule has 2 atom stereocenters. The molecule has 0 spiro atoms. The van der Waals surface area contributed by atoms with E-state index < -0.39 is 6.10 Å². The highest BCUT2D eigenvalue weighted by Crippen LogP contribution is 2.12. The molecule has 0 aromatic carbocycles. The first-order valence-corrected chi connectivity index (χ1v) is 8.78. The van der Waals surface area contributed by atoms with Crippen molar-refractivity contribution in [1.29, 1.82) is 0 Å². The fraction of sp³-hybridized carbons (Fsp3) is 0.889. The minimum atomic E-state index is -0.484. The summed E-state index contributed by atoms with van der Waals surface area (Å²) in [4.78, 5) is 0. The van der Waals surface area contributed by atoms with Gasteiger partial charge in [-0.2, -0.15) is 0 Å². The molecule has 0 heterocycles. The number of nitrogens with two attached hydrogens (primary N) is 1. The first kappa shape index (κ1) is 19.7. The highest BCUT2D eigenvalue weighted by molar-refractivity contribution is 4.92. The van der Waals surface area contributed by atoms with Crippen LogP contribution in [-0.4, -0.2) is 17.3 Å². The van der Waals surface area contributed by atoms with E-state index >= 15 is 0 Å². The monoisotopic (exact) mass is 283 g/mol. The molecule has 0 aliphatic heterocycles. The van der Waals surface area contributed by atoms with Crippen LogP contribution in [0.1, 0.15) is 90.9 Å². The molecule has 2 nitrogen and oxygen atoms in total. The summed E-state index contributed by atoms with van der Waals surface area (Å²) in [5, 5.41) is 9.49. The van der Waals surface area contributed by atoms with Crippen LogP contribution in [0.2, 0.25) is 0 Å². The Morgan fingerprint density at radius 1 is 0.850 bits per heavy atom. The Morgan fingerprint density at radius 3 is 1.75 bits per heavy atom. The summed E-state index contributed by atoms with van der Waals surface area (Å²) in [7, 11) is 0. The van der Waals surface area contributed by atoms with Gasteiger partial charge in [0, 0.05) is 6.04 Å². The standard InChI is InChI=1S/C18H37NO/c1-3-4-5-6-7-8-9-10-11-12-13-14-15-16-18(20)17(2)19/h15-18,20H,3-14,19H2,1-2H3/b16-15+/t17-,18+/m0/s1. The van der Waals surface area contributed by atoms with E-state index in [1.807, 2.05) is 13.0 Å². The van der Waals surface area contributed by atoms with Crippen molar-refractivity contribution in [2.24, 2.45) is 5.73 Å². The lowest BCUT2D eigenvalue weighted by molar-refractivity contribution is 0.198. The Labute approximate surface area is 126 Å². The van der Waals surface area contributed by atoms with Crippen LogP contribution < -0.4 is 5.73 Å². The molecule has 0 aliphatic carbocycles. The van der Waals surface area contributed by atoms with Gasteiger partial charge in [-0.3, -0.25) is 0 Å². The Hall–Kier alpha value is -0.340. The van der Waals surface area contributed by atoms with Crippen LogP contribution in [-0.2, 0) is 0 Å². The Morgan fingerprint density at radius 2 is 1.30 bits per heavy atom. The van der Waals surface area contributed by atoms with Crippen LogP contribution in [0, 0.1) is 0 Å². The second-order valence-corrected chi connectivity index (χ2v) is 6.10. The third-order valence-corrected chi connectivity index (χ3v) is 3.85. The quantitative estimate of drug-likeness (QED) is 0.350. The Balaban J connectivity index is 3.13. The van der Waals surface area contributed by atoms with Crippen molar-refractivity contribution in [3.8, 4) is 0 Å². The fourth-order valence-electron chi connectivity index (χ4n) is 2.34. The van der Waals surface area contributed by atoms with Gasteiger partial charge < -0.3 is 10.8 Å². The van der Waals surface area contributed by atoms with E-state index in [0.29, 0.717) is 0 Å². The van der Waals surface area contributed by atoms with Crippen LogP contribution in [0.4, 0.5) is 0 Å². The SMILES string of the molecule is CCCCCCCCCCCCC/C=C/[C@@H](O)[C@H](C)N. The molecule has 0 fully saturated rings. The van der Waals surface area contributed by atoms with Crippen LogP contribution in [0.15, 0.2) is 12.2 Å². The van der Waals surface area contributed by atoms with Crippen molar-refractivity contribution < 1.29 is 5.11 Å². The number of aliphatic hydroxyl groups is 1. The fourth-order valence-corrected chi connectivity index (χ4v) is 2.34. The number of allylic oxidation sites excluding steroid dienone is 1. The summed E-state index contributed by atoms with van der Waals surface area (Å²) in [5.74, 6) is 0. The van der Waals surface area contributed by atoms with E-state index in [1.54, 1.807) is 0 Å². The van der Waals surface area contributed by atoms with Gasteiger partial charge in [0.2, 0.25) is 0 Å². The smallest absolute Gasteiger partial charge is 0.0869 e. The average Bonchev–Trinajstić information content (AvgIpc) is 2.43. The van der Waals surface area contributed by atoms with Crippen LogP contribution in [0.3, 0.4) is 0 Å². The van der Waals surface area contributed by atoms with Gasteiger partial charge in [0.15, 0.2) is 0 Å². The maximum atomic E-state index is 9.49. The average molecular weight is 284 g/mol. The van der Waals surface area contributed by atoms with E-state index in [0.717, 1.165) is 6.42 Å². The zero-order valence-electron chi connectivity index (χ0n) is 13.8. The molecule has 0 saturated heterocycles. The largest absolute Gasteiger partial charge is 0.387 e. The second kappa shape index (κ2) is 15.1. The number of aliphatic hydroxyl groups excluding tert-OH is 1. The van der Waals surface area contributed by atoms with E-state index in [-0.39, 0.29) is 6.04 Å². The highest BCUT2D eigenvalue weighted by Gasteiger charge is 2.03. The molecule has 0 aromatic rings. The zero-order chi connectivity index (χ0) is 15.1. The number of hydrogen-bond donors (Lipinski definition) is 2. The van der Waals surface area contributed by atoms with E-state index in [4.69, 9.17) is 5.73 Å². The molecule has 20 heavy (non-hydrogen) atoms. The lowest BCUT2D eigenvalue weighted by Crippen LogP contribution is -2.29. The van der Waals surface area contributed by atoms with Crippen molar-refractivity contribution in [3.63, 3.8) is 0 Å². The van der Waals surface area contributed by atoms with Gasteiger partial charge in [-0.15, -0.1) is 0 Å². The molecule has 0 radical (unpaired) electrons. The van der Waals surface area contributed by atoms with Crippen molar-refractivity contribution in [3.05, 3.63) is 12.2 Å². The Bertz CT molecular complexity index is 213. The third-order valence-electron chi connectivity index (χ3n) is 3.85. The van der Waals surface area contributed by atoms with Gasteiger partial charge in [0.1, 0.15) is 0 Å². The lowest BCUT2D eigenvalue weighted by Gasteiger charge is -2.08. The van der Waals surface area contributed by atoms with Crippen LogP contribution in [0.25, 0.3) is 0 Å². The highest BCUT2D eigenvalue weighted by atomic mass is 16.3. The molecule has 3 N–H and O–H groups in total. The van der Waals surface area contributed by atoms with Gasteiger partial charge in [-0.05, 0) is 19.8 Å². The van der Waals surface area contributed by atoms with Gasteiger partial charge >= 0.3 is 0 Å². The van der Waals surface area contributed by atoms with E-state index in [9.17, 15) is 5.11 Å². The molecule has 0 unspecified atom stereocenters. The summed E-state index contributed by atoms with van der Waals surface area (Å²) in [6.45, 7) is 4.10. The third kappa shape index (κ3) is 14.1. The van der Waals surface area contributed by atoms with Gasteiger partial charge in [-0.25, -0.2) is 0 Å². The van der Waals surface area contributed by atoms with Crippen LogP contribution in [0.5, 0.6) is 0 Å². The maximum Gasteiger partial charge on any atom is 0.0869 e. The summed E-state index contributed by atoms with van der Waals surface area (Å²) in [5.41, 5.74) is 5.58. The van der Waals surface area contributed by atoms with Gasteiger partial charge in [0.05, 0.1) is 6.10 Å². The van der Waals surface area contributed by atoms with E-state index in [1.165, 1.54) is 70.6 Å². The molecule has 2 heteroatoms. The van der Waals surface area contributed by atoms with Crippen molar-refractivity contribution in [2.45, 2.75) is 103 Å². The van der Waals surface area contributed by atoms with Crippen molar-refractivity contribution in [1.82, 2.24) is 0 Å². The minimum absolute atomic E-state index is 0.163. The Kier molecular flexibility index (Phi) is 14.8. The number of hydrogen-bond acceptors (Lipinski definition) is 2. The molecule has 0 rings (SSSR count).